The van der Waals surface area contributed by atoms with Crippen molar-refractivity contribution in [1.29, 1.82) is 0 Å². The van der Waals surface area contributed by atoms with Crippen LogP contribution in [0.15, 0.2) is 36.4 Å². The van der Waals surface area contributed by atoms with Crippen molar-refractivity contribution in [3.8, 4) is 5.75 Å². The average Bonchev–Trinajstić information content (AvgIpc) is 2.42. The minimum Gasteiger partial charge on any atom is -0.485 e. The second-order valence-electron chi connectivity index (χ2n) is 4.28. The summed E-state index contributed by atoms with van der Waals surface area (Å²) in [4.78, 5) is 0. The molecule has 0 amide bonds. The Hall–Kier alpha value is -1.65. The van der Waals surface area contributed by atoms with Crippen LogP contribution in [-0.2, 0) is 13.2 Å². The first-order chi connectivity index (χ1) is 9.61. The lowest BCUT2D eigenvalue weighted by atomic mass is 10.2. The molecule has 0 spiro atoms. The van der Waals surface area contributed by atoms with Gasteiger partial charge in [-0.15, -0.1) is 0 Å². The second-order valence-corrected chi connectivity index (χ2v) is 4.69. The molecule has 2 aromatic rings. The highest BCUT2D eigenvalue weighted by Crippen LogP contribution is 2.25. The molecule has 2 nitrogen and oxygen atoms in total. The van der Waals surface area contributed by atoms with E-state index < -0.39 is 11.6 Å². The van der Waals surface area contributed by atoms with E-state index in [0.29, 0.717) is 22.7 Å². The Labute approximate surface area is 121 Å². The van der Waals surface area contributed by atoms with Crippen LogP contribution in [0, 0.1) is 11.6 Å². The molecule has 0 aromatic heterocycles. The Morgan fingerprint density at radius 2 is 1.95 bits per heavy atom. The van der Waals surface area contributed by atoms with Gasteiger partial charge in [-0.1, -0.05) is 23.7 Å². The maximum absolute atomic E-state index is 13.8. The first-order valence-electron chi connectivity index (χ1n) is 6.10. The number of benzene rings is 2. The summed E-state index contributed by atoms with van der Waals surface area (Å²) in [6, 6.07) is 8.70. The van der Waals surface area contributed by atoms with Crippen molar-refractivity contribution >= 4 is 11.6 Å². The standard InChI is InChI=1S/C15H14ClF2NO/c1-19-8-10-3-2-4-14(18)15(10)20-9-11-7-12(17)5-6-13(11)16/h2-7,19H,8-9H2,1H3. The smallest absolute Gasteiger partial charge is 0.165 e. The van der Waals surface area contributed by atoms with Gasteiger partial charge in [0.2, 0.25) is 0 Å². The van der Waals surface area contributed by atoms with Crippen molar-refractivity contribution in [1.82, 2.24) is 5.32 Å². The number of ether oxygens (including phenoxy) is 1. The lowest BCUT2D eigenvalue weighted by Gasteiger charge is -2.13. The largest absolute Gasteiger partial charge is 0.485 e. The summed E-state index contributed by atoms with van der Waals surface area (Å²) in [6.07, 6.45) is 0. The van der Waals surface area contributed by atoms with Crippen LogP contribution >= 0.6 is 11.6 Å². The molecule has 0 saturated carbocycles. The molecule has 20 heavy (non-hydrogen) atoms. The van der Waals surface area contributed by atoms with Crippen LogP contribution < -0.4 is 10.1 Å². The van der Waals surface area contributed by atoms with E-state index in [9.17, 15) is 8.78 Å². The molecule has 0 radical (unpaired) electrons. The summed E-state index contributed by atoms with van der Waals surface area (Å²) in [7, 11) is 1.76. The van der Waals surface area contributed by atoms with E-state index in [1.54, 1.807) is 19.2 Å². The Morgan fingerprint density at radius 1 is 1.15 bits per heavy atom. The Morgan fingerprint density at radius 3 is 2.70 bits per heavy atom. The van der Waals surface area contributed by atoms with Crippen LogP contribution in [0.5, 0.6) is 5.75 Å². The van der Waals surface area contributed by atoms with Crippen LogP contribution in [0.1, 0.15) is 11.1 Å². The normalized spacial score (nSPS) is 10.6. The zero-order valence-corrected chi connectivity index (χ0v) is 11.7. The SMILES string of the molecule is CNCc1cccc(F)c1OCc1cc(F)ccc1Cl. The fraction of sp³-hybridized carbons (Fsp3) is 0.200. The zero-order chi connectivity index (χ0) is 14.5. The third kappa shape index (κ3) is 3.46. The Bertz CT molecular complexity index is 604. The predicted octanol–water partition coefficient (Wildman–Crippen LogP) is 3.92. The third-order valence-corrected chi connectivity index (χ3v) is 3.16. The molecule has 0 aliphatic heterocycles. The molecule has 0 atom stereocenters. The fourth-order valence-electron chi connectivity index (χ4n) is 1.85. The van der Waals surface area contributed by atoms with Crippen molar-refractivity contribution in [2.75, 3.05) is 7.05 Å². The minimum absolute atomic E-state index is 0.00818. The summed E-state index contributed by atoms with van der Waals surface area (Å²) < 4.78 is 32.4. The Balaban J connectivity index is 2.20. The van der Waals surface area contributed by atoms with Gasteiger partial charge in [0.05, 0.1) is 0 Å². The van der Waals surface area contributed by atoms with E-state index in [4.69, 9.17) is 16.3 Å². The van der Waals surface area contributed by atoms with Crippen molar-refractivity contribution < 1.29 is 13.5 Å². The molecule has 5 heteroatoms. The summed E-state index contributed by atoms with van der Waals surface area (Å²) in [5.74, 6) is -0.704. The van der Waals surface area contributed by atoms with Crippen LogP contribution in [-0.4, -0.2) is 7.05 Å². The highest BCUT2D eigenvalue weighted by atomic mass is 35.5. The number of halogens is 3. The molecule has 2 aromatic carbocycles. The molecule has 1 N–H and O–H groups in total. The molecule has 0 bridgehead atoms. The maximum atomic E-state index is 13.8. The van der Waals surface area contributed by atoms with Gasteiger partial charge in [0, 0.05) is 22.7 Å². The van der Waals surface area contributed by atoms with E-state index in [0.717, 1.165) is 0 Å². The first-order valence-corrected chi connectivity index (χ1v) is 6.48. The molecule has 106 valence electrons. The third-order valence-electron chi connectivity index (χ3n) is 2.80. The van der Waals surface area contributed by atoms with Gasteiger partial charge in [-0.25, -0.2) is 8.78 Å². The number of para-hydroxylation sites is 1. The van der Waals surface area contributed by atoms with Gasteiger partial charge in [0.25, 0.3) is 0 Å². The van der Waals surface area contributed by atoms with Gasteiger partial charge in [-0.05, 0) is 31.3 Å². The minimum atomic E-state index is -0.453. The van der Waals surface area contributed by atoms with Gasteiger partial charge < -0.3 is 10.1 Å². The molecular formula is C15H14ClF2NO. The molecule has 2 rings (SSSR count). The van der Waals surface area contributed by atoms with Gasteiger partial charge in [0.15, 0.2) is 11.6 Å². The second kappa shape index (κ2) is 6.68. The number of nitrogens with one attached hydrogen (secondary N) is 1. The van der Waals surface area contributed by atoms with Crippen molar-refractivity contribution in [2.45, 2.75) is 13.2 Å². The molecule has 0 aliphatic carbocycles. The molecule has 0 fully saturated rings. The summed E-state index contributed by atoms with van der Waals surface area (Å²) in [5, 5.41) is 3.32. The number of hydrogen-bond acceptors (Lipinski definition) is 2. The van der Waals surface area contributed by atoms with Crippen LogP contribution in [0.25, 0.3) is 0 Å². The van der Waals surface area contributed by atoms with E-state index in [1.165, 1.54) is 24.3 Å². The van der Waals surface area contributed by atoms with Crippen molar-refractivity contribution in [2.24, 2.45) is 0 Å². The predicted molar refractivity (Wildman–Crippen MR) is 74.9 cm³/mol. The molecular weight excluding hydrogens is 284 g/mol. The topological polar surface area (TPSA) is 21.3 Å². The van der Waals surface area contributed by atoms with Gasteiger partial charge in [0.1, 0.15) is 12.4 Å². The lowest BCUT2D eigenvalue weighted by molar-refractivity contribution is 0.286. The van der Waals surface area contributed by atoms with Gasteiger partial charge in [-0.3, -0.25) is 0 Å². The van der Waals surface area contributed by atoms with E-state index >= 15 is 0 Å². The summed E-state index contributed by atoms with van der Waals surface area (Å²) in [5.41, 5.74) is 1.17. The highest BCUT2D eigenvalue weighted by Gasteiger charge is 2.11. The lowest BCUT2D eigenvalue weighted by Crippen LogP contribution is -2.09. The van der Waals surface area contributed by atoms with Crippen LogP contribution in [0.3, 0.4) is 0 Å². The van der Waals surface area contributed by atoms with E-state index in [-0.39, 0.29) is 12.4 Å². The molecule has 0 unspecified atom stereocenters. The van der Waals surface area contributed by atoms with E-state index in [2.05, 4.69) is 5.32 Å². The molecule has 0 aliphatic rings. The van der Waals surface area contributed by atoms with Crippen molar-refractivity contribution in [3.05, 3.63) is 64.2 Å². The monoisotopic (exact) mass is 297 g/mol. The van der Waals surface area contributed by atoms with Crippen molar-refractivity contribution in [3.63, 3.8) is 0 Å². The number of rotatable bonds is 5. The summed E-state index contributed by atoms with van der Waals surface area (Å²) in [6.45, 7) is 0.484. The summed E-state index contributed by atoms with van der Waals surface area (Å²) >= 11 is 5.95. The van der Waals surface area contributed by atoms with E-state index in [1.807, 2.05) is 0 Å². The molecule has 0 heterocycles. The van der Waals surface area contributed by atoms with Gasteiger partial charge >= 0.3 is 0 Å². The maximum Gasteiger partial charge on any atom is 0.165 e. The van der Waals surface area contributed by atoms with Crippen LogP contribution in [0.4, 0.5) is 8.78 Å². The fourth-order valence-corrected chi connectivity index (χ4v) is 2.02. The number of hydrogen-bond donors (Lipinski definition) is 1. The quantitative estimate of drug-likeness (QED) is 0.903. The van der Waals surface area contributed by atoms with Gasteiger partial charge in [-0.2, -0.15) is 0 Å². The zero-order valence-electron chi connectivity index (χ0n) is 10.9. The molecule has 0 saturated heterocycles. The highest BCUT2D eigenvalue weighted by molar-refractivity contribution is 6.31. The first kappa shape index (κ1) is 14.8. The van der Waals surface area contributed by atoms with Crippen LogP contribution in [0.2, 0.25) is 5.02 Å². The Kier molecular flexibility index (Phi) is 4.93. The average molecular weight is 298 g/mol.